The molecule has 0 spiro atoms. The number of hydrogen-bond acceptors (Lipinski definition) is 3. The van der Waals surface area contributed by atoms with E-state index in [1.165, 1.54) is 6.20 Å². The van der Waals surface area contributed by atoms with E-state index in [1.807, 2.05) is 0 Å². The predicted octanol–water partition coefficient (Wildman–Crippen LogP) is 1.23. The van der Waals surface area contributed by atoms with Gasteiger partial charge in [-0.1, -0.05) is 6.92 Å². The summed E-state index contributed by atoms with van der Waals surface area (Å²) in [5.41, 5.74) is 4.61. The molecule has 4 nitrogen and oxygen atoms in total. The Bertz CT molecular complexity index is 377. The van der Waals surface area contributed by atoms with Crippen molar-refractivity contribution in [3.63, 3.8) is 0 Å². The number of rotatable bonds is 5. The summed E-state index contributed by atoms with van der Waals surface area (Å²) < 4.78 is 13.1. The lowest BCUT2D eigenvalue weighted by atomic mass is 9.79. The van der Waals surface area contributed by atoms with Crippen molar-refractivity contribution in [2.24, 2.45) is 5.73 Å². The van der Waals surface area contributed by atoms with Crippen LogP contribution in [-0.4, -0.2) is 24.6 Å². The first kappa shape index (κ1) is 12.4. The van der Waals surface area contributed by atoms with Crippen LogP contribution in [0.25, 0.3) is 0 Å². The molecule has 1 unspecified atom stereocenters. The fourth-order valence-electron chi connectivity index (χ4n) is 1.62. The molecule has 0 aliphatic carbocycles. The van der Waals surface area contributed by atoms with E-state index in [0.29, 0.717) is 17.8 Å². The zero-order valence-corrected chi connectivity index (χ0v) is 9.46. The molecule has 1 heterocycles. The largest absolute Gasteiger partial charge is 0.373 e. The van der Waals surface area contributed by atoms with Crippen LogP contribution < -0.4 is 11.1 Å². The van der Waals surface area contributed by atoms with Crippen molar-refractivity contribution in [1.82, 2.24) is 4.98 Å². The molecule has 1 aromatic rings. The molecule has 1 atom stereocenters. The number of primary amides is 1. The minimum Gasteiger partial charge on any atom is -0.373 e. The molecule has 88 valence electrons. The summed E-state index contributed by atoms with van der Waals surface area (Å²) in [6.45, 7) is 0.940. The normalized spacial score (nSPS) is 14.2. The third-order valence-electron chi connectivity index (χ3n) is 2.87. The molecular weight excluding hydrogens is 209 g/mol. The molecular formula is C11H16FN3O. The lowest BCUT2D eigenvalue weighted by molar-refractivity contribution is -0.124. The number of halogens is 1. The first-order chi connectivity index (χ1) is 7.60. The van der Waals surface area contributed by atoms with Crippen molar-refractivity contribution in [1.29, 1.82) is 0 Å². The summed E-state index contributed by atoms with van der Waals surface area (Å²) in [6, 6.07) is 3.27. The highest BCUT2D eigenvalue weighted by molar-refractivity contribution is 5.87. The number of anilines is 1. The number of nitrogens with zero attached hydrogens (tertiary/aromatic N) is 1. The molecule has 0 aliphatic rings. The Kier molecular flexibility index (Phi) is 3.82. The van der Waals surface area contributed by atoms with Gasteiger partial charge in [-0.05, 0) is 24.1 Å². The number of carbonyl (C=O) groups is 1. The van der Waals surface area contributed by atoms with Crippen molar-refractivity contribution in [2.75, 3.05) is 19.0 Å². The molecule has 0 radical (unpaired) electrons. The molecule has 0 aromatic carbocycles. The van der Waals surface area contributed by atoms with Crippen molar-refractivity contribution < 1.29 is 9.18 Å². The minimum atomic E-state index is -1.24. The Morgan fingerprint density at radius 1 is 1.69 bits per heavy atom. The van der Waals surface area contributed by atoms with E-state index in [9.17, 15) is 9.18 Å². The van der Waals surface area contributed by atoms with E-state index in [4.69, 9.17) is 5.73 Å². The SMILES string of the molecule is CCC(CF)(C(N)=O)c1ccnc(NC)c1. The summed E-state index contributed by atoms with van der Waals surface area (Å²) in [5, 5.41) is 2.84. The van der Waals surface area contributed by atoms with Gasteiger partial charge in [0.1, 0.15) is 17.9 Å². The fourth-order valence-corrected chi connectivity index (χ4v) is 1.62. The Balaban J connectivity index is 3.25. The van der Waals surface area contributed by atoms with Gasteiger partial charge in [0.25, 0.3) is 0 Å². The van der Waals surface area contributed by atoms with Gasteiger partial charge in [-0.2, -0.15) is 0 Å². The maximum Gasteiger partial charge on any atom is 0.230 e. The number of nitrogens with one attached hydrogen (secondary N) is 1. The number of amides is 1. The van der Waals surface area contributed by atoms with Gasteiger partial charge in [-0.25, -0.2) is 9.37 Å². The molecule has 0 aliphatic heterocycles. The second-order valence-corrected chi connectivity index (χ2v) is 3.61. The molecule has 16 heavy (non-hydrogen) atoms. The second-order valence-electron chi connectivity index (χ2n) is 3.61. The van der Waals surface area contributed by atoms with Crippen LogP contribution in [0.2, 0.25) is 0 Å². The highest BCUT2D eigenvalue weighted by Gasteiger charge is 2.37. The Hall–Kier alpha value is -1.65. The molecule has 0 bridgehead atoms. The van der Waals surface area contributed by atoms with Gasteiger partial charge < -0.3 is 11.1 Å². The average molecular weight is 225 g/mol. The first-order valence-corrected chi connectivity index (χ1v) is 5.11. The number of pyridine rings is 1. The Labute approximate surface area is 94.1 Å². The standard InChI is InChI=1S/C11H16FN3O/c1-3-11(7-12,10(13)16)8-4-5-15-9(6-8)14-2/h4-6H,3,7H2,1-2H3,(H2,13,16)(H,14,15). The maximum atomic E-state index is 13.1. The number of alkyl halides is 1. The van der Waals surface area contributed by atoms with Crippen LogP contribution in [0.4, 0.5) is 10.2 Å². The van der Waals surface area contributed by atoms with Crippen LogP contribution in [0.1, 0.15) is 18.9 Å². The van der Waals surface area contributed by atoms with Gasteiger partial charge in [-0.15, -0.1) is 0 Å². The van der Waals surface area contributed by atoms with E-state index in [-0.39, 0.29) is 0 Å². The number of carbonyl (C=O) groups excluding carboxylic acids is 1. The zero-order valence-electron chi connectivity index (χ0n) is 9.46. The summed E-state index contributed by atoms with van der Waals surface area (Å²) >= 11 is 0. The maximum absolute atomic E-state index is 13.1. The first-order valence-electron chi connectivity index (χ1n) is 5.11. The van der Waals surface area contributed by atoms with Gasteiger partial charge >= 0.3 is 0 Å². The van der Waals surface area contributed by atoms with Crippen LogP contribution in [0.15, 0.2) is 18.3 Å². The molecule has 1 amide bonds. The fraction of sp³-hybridized carbons (Fsp3) is 0.455. The minimum absolute atomic E-state index is 0.325. The van der Waals surface area contributed by atoms with Crippen molar-refractivity contribution in [3.05, 3.63) is 23.9 Å². The smallest absolute Gasteiger partial charge is 0.230 e. The van der Waals surface area contributed by atoms with Crippen LogP contribution in [-0.2, 0) is 10.2 Å². The summed E-state index contributed by atoms with van der Waals surface area (Å²) in [7, 11) is 1.71. The molecule has 0 fully saturated rings. The van der Waals surface area contributed by atoms with Crippen LogP contribution in [0, 0.1) is 0 Å². The molecule has 1 aromatic heterocycles. The third-order valence-corrected chi connectivity index (χ3v) is 2.87. The van der Waals surface area contributed by atoms with E-state index < -0.39 is 18.0 Å². The van der Waals surface area contributed by atoms with Crippen LogP contribution in [0.5, 0.6) is 0 Å². The predicted molar refractivity (Wildman–Crippen MR) is 60.9 cm³/mol. The van der Waals surface area contributed by atoms with Gasteiger partial charge in [0.15, 0.2) is 0 Å². The third kappa shape index (κ3) is 1.98. The summed E-state index contributed by atoms with van der Waals surface area (Å²) in [4.78, 5) is 15.4. The number of hydrogen-bond donors (Lipinski definition) is 2. The second kappa shape index (κ2) is 4.92. The van der Waals surface area contributed by atoms with Crippen molar-refractivity contribution in [3.8, 4) is 0 Å². The van der Waals surface area contributed by atoms with E-state index in [0.717, 1.165) is 0 Å². The van der Waals surface area contributed by atoms with Gasteiger partial charge in [0.05, 0.1) is 0 Å². The molecule has 0 saturated heterocycles. The molecule has 1 rings (SSSR count). The topological polar surface area (TPSA) is 68.0 Å². The Morgan fingerprint density at radius 3 is 2.81 bits per heavy atom. The van der Waals surface area contributed by atoms with Gasteiger partial charge in [-0.3, -0.25) is 4.79 Å². The quantitative estimate of drug-likeness (QED) is 0.791. The lowest BCUT2D eigenvalue weighted by Crippen LogP contribution is -2.42. The highest BCUT2D eigenvalue weighted by Crippen LogP contribution is 2.29. The number of aromatic nitrogens is 1. The van der Waals surface area contributed by atoms with Gasteiger partial charge in [0, 0.05) is 13.2 Å². The van der Waals surface area contributed by atoms with Crippen LogP contribution >= 0.6 is 0 Å². The van der Waals surface area contributed by atoms with E-state index >= 15 is 0 Å². The highest BCUT2D eigenvalue weighted by atomic mass is 19.1. The summed E-state index contributed by atoms with van der Waals surface area (Å²) in [6.07, 6.45) is 1.86. The van der Waals surface area contributed by atoms with Crippen LogP contribution in [0.3, 0.4) is 0 Å². The zero-order chi connectivity index (χ0) is 12.2. The number of nitrogens with two attached hydrogens (primary N) is 1. The van der Waals surface area contributed by atoms with E-state index in [2.05, 4.69) is 10.3 Å². The Morgan fingerprint density at radius 2 is 2.38 bits per heavy atom. The van der Waals surface area contributed by atoms with Gasteiger partial charge in [0.2, 0.25) is 5.91 Å². The van der Waals surface area contributed by atoms with Crippen molar-refractivity contribution in [2.45, 2.75) is 18.8 Å². The average Bonchev–Trinajstić information content (AvgIpc) is 2.31. The van der Waals surface area contributed by atoms with E-state index in [1.54, 1.807) is 26.1 Å². The molecule has 5 heteroatoms. The summed E-state index contributed by atoms with van der Waals surface area (Å²) in [5.74, 6) is -0.0595. The molecule has 3 N–H and O–H groups in total. The van der Waals surface area contributed by atoms with Crippen molar-refractivity contribution >= 4 is 11.7 Å². The molecule has 0 saturated carbocycles. The monoisotopic (exact) mass is 225 g/mol. The lowest BCUT2D eigenvalue weighted by Gasteiger charge is -2.26.